The van der Waals surface area contributed by atoms with Crippen molar-refractivity contribution in [2.75, 3.05) is 13.1 Å². The third-order valence-corrected chi connectivity index (χ3v) is 6.68. The smallest absolute Gasteiger partial charge is 0.269 e. The Morgan fingerprint density at radius 2 is 2.00 bits per heavy atom. The molecular formula is C24H29N7O3. The number of likely N-dealkylation sites (tertiary alicyclic amines) is 1. The van der Waals surface area contributed by atoms with Crippen LogP contribution < -0.4 is 5.32 Å². The first-order valence-corrected chi connectivity index (χ1v) is 11.6. The molecule has 1 N–H and O–H groups in total. The van der Waals surface area contributed by atoms with Gasteiger partial charge in [-0.1, -0.05) is 35.0 Å². The van der Waals surface area contributed by atoms with Crippen molar-refractivity contribution in [3.05, 3.63) is 64.7 Å². The molecule has 4 heterocycles. The molecule has 1 saturated heterocycles. The maximum atomic E-state index is 12.9. The number of fused-ring (bicyclic) bond motifs is 1. The van der Waals surface area contributed by atoms with Crippen LogP contribution in [0.2, 0.25) is 0 Å². The molecule has 0 saturated carbocycles. The fraction of sp³-hybridized carbons (Fsp3) is 0.458. The topological polar surface area (TPSA) is 107 Å². The van der Waals surface area contributed by atoms with Gasteiger partial charge >= 0.3 is 0 Å². The molecule has 3 aromatic rings. The van der Waals surface area contributed by atoms with Crippen molar-refractivity contribution in [3.8, 4) is 0 Å². The van der Waals surface area contributed by atoms with Crippen molar-refractivity contribution in [1.29, 1.82) is 0 Å². The van der Waals surface area contributed by atoms with Gasteiger partial charge in [-0.2, -0.15) is 5.10 Å². The summed E-state index contributed by atoms with van der Waals surface area (Å²) in [4.78, 5) is 27.3. The molecule has 2 aliphatic rings. The molecule has 1 aromatic carbocycles. The molecule has 2 aromatic heterocycles. The van der Waals surface area contributed by atoms with Gasteiger partial charge < -0.3 is 15.0 Å². The molecule has 1 fully saturated rings. The molecule has 34 heavy (non-hydrogen) atoms. The summed E-state index contributed by atoms with van der Waals surface area (Å²) in [7, 11) is 0. The number of benzene rings is 1. The summed E-state index contributed by atoms with van der Waals surface area (Å²) >= 11 is 0. The number of hydrogen-bond donors (Lipinski definition) is 1. The Bertz CT molecular complexity index is 1200. The maximum Gasteiger partial charge on any atom is 0.269 e. The van der Waals surface area contributed by atoms with Gasteiger partial charge in [-0.25, -0.2) is 4.68 Å². The van der Waals surface area contributed by atoms with Gasteiger partial charge in [0.1, 0.15) is 17.0 Å². The van der Waals surface area contributed by atoms with Crippen LogP contribution in [-0.2, 0) is 42.2 Å². The Labute approximate surface area is 197 Å². The average Bonchev–Trinajstić information content (AvgIpc) is 3.57. The number of nitrogens with zero attached hydrogens (tertiary/aromatic N) is 6. The van der Waals surface area contributed by atoms with Crippen LogP contribution in [0, 0.1) is 6.92 Å². The fourth-order valence-corrected chi connectivity index (χ4v) is 4.66. The number of carbonyl (C=O) groups is 2. The van der Waals surface area contributed by atoms with E-state index in [1.807, 2.05) is 47.7 Å². The van der Waals surface area contributed by atoms with Gasteiger partial charge in [0, 0.05) is 19.3 Å². The zero-order chi connectivity index (χ0) is 23.7. The molecule has 0 radical (unpaired) electrons. The molecule has 2 amide bonds. The third kappa shape index (κ3) is 4.33. The SMILES string of the molecule is CCn1nccc1C(=O)NCc1nnn2c1COC1(CCN(C(=O)Cc3ccc(C)cc3)C1)C2. The molecule has 1 unspecified atom stereocenters. The summed E-state index contributed by atoms with van der Waals surface area (Å²) in [5.41, 5.74) is 3.82. The van der Waals surface area contributed by atoms with Crippen LogP contribution in [0.1, 0.15) is 46.3 Å². The van der Waals surface area contributed by atoms with Gasteiger partial charge in [-0.05, 0) is 31.9 Å². The average molecular weight is 464 g/mol. The predicted octanol–water partition coefficient (Wildman–Crippen LogP) is 1.48. The number of ether oxygens (including phenoxy) is 1. The lowest BCUT2D eigenvalue weighted by molar-refractivity contribution is -0.132. The molecular weight excluding hydrogens is 434 g/mol. The largest absolute Gasteiger partial charge is 0.365 e. The second-order valence-electron chi connectivity index (χ2n) is 9.05. The molecule has 2 aliphatic heterocycles. The van der Waals surface area contributed by atoms with Crippen molar-refractivity contribution in [2.24, 2.45) is 0 Å². The van der Waals surface area contributed by atoms with E-state index in [1.54, 1.807) is 16.9 Å². The first-order chi connectivity index (χ1) is 16.5. The lowest BCUT2D eigenvalue weighted by atomic mass is 10.0. The number of carbonyl (C=O) groups excluding carboxylic acids is 2. The molecule has 5 rings (SSSR count). The van der Waals surface area contributed by atoms with E-state index in [4.69, 9.17) is 4.74 Å². The van der Waals surface area contributed by atoms with E-state index in [0.717, 1.165) is 17.7 Å². The van der Waals surface area contributed by atoms with Crippen LogP contribution in [0.5, 0.6) is 0 Å². The Balaban J connectivity index is 1.19. The quantitative estimate of drug-likeness (QED) is 0.593. The zero-order valence-electron chi connectivity index (χ0n) is 19.5. The van der Waals surface area contributed by atoms with Gasteiger partial charge in [0.2, 0.25) is 5.91 Å². The van der Waals surface area contributed by atoms with E-state index in [0.29, 0.717) is 50.6 Å². The lowest BCUT2D eigenvalue weighted by Crippen LogP contribution is -2.45. The Morgan fingerprint density at radius 3 is 2.79 bits per heavy atom. The Kier molecular flexibility index (Phi) is 5.91. The zero-order valence-corrected chi connectivity index (χ0v) is 19.5. The van der Waals surface area contributed by atoms with Crippen molar-refractivity contribution < 1.29 is 14.3 Å². The lowest BCUT2D eigenvalue weighted by Gasteiger charge is -2.34. The molecule has 1 atom stereocenters. The van der Waals surface area contributed by atoms with Crippen molar-refractivity contribution >= 4 is 11.8 Å². The van der Waals surface area contributed by atoms with E-state index in [-0.39, 0.29) is 18.4 Å². The summed E-state index contributed by atoms with van der Waals surface area (Å²) in [5, 5.41) is 15.6. The van der Waals surface area contributed by atoms with Crippen LogP contribution in [0.4, 0.5) is 0 Å². The van der Waals surface area contributed by atoms with E-state index in [1.165, 1.54) is 5.56 Å². The maximum absolute atomic E-state index is 12.9. The summed E-state index contributed by atoms with van der Waals surface area (Å²) in [5.74, 6) is -0.0868. The minimum absolute atomic E-state index is 0.114. The number of hydrogen-bond acceptors (Lipinski definition) is 6. The number of aromatic nitrogens is 5. The fourth-order valence-electron chi connectivity index (χ4n) is 4.66. The van der Waals surface area contributed by atoms with Gasteiger partial charge in [0.05, 0.1) is 38.4 Å². The van der Waals surface area contributed by atoms with Crippen LogP contribution in [0.3, 0.4) is 0 Å². The summed E-state index contributed by atoms with van der Waals surface area (Å²) in [6, 6.07) is 9.77. The standard InChI is InChI=1S/C24H29N7O3/c1-3-30-20(8-10-26-30)23(33)25-13-19-21-14-34-24(16-31(21)28-27-19)9-11-29(15-24)22(32)12-18-6-4-17(2)5-7-18/h4-8,10H,3,9,11-16H2,1-2H3,(H,25,33). The summed E-state index contributed by atoms with van der Waals surface area (Å²) < 4.78 is 9.80. The normalized spacial score (nSPS) is 19.4. The highest BCUT2D eigenvalue weighted by molar-refractivity contribution is 5.92. The van der Waals surface area contributed by atoms with Crippen molar-refractivity contribution in [1.82, 2.24) is 35.0 Å². The third-order valence-electron chi connectivity index (χ3n) is 6.68. The van der Waals surface area contributed by atoms with Gasteiger partial charge in [-0.3, -0.25) is 14.3 Å². The number of rotatable bonds is 6. The number of nitrogens with one attached hydrogen (secondary N) is 1. The monoisotopic (exact) mass is 463 g/mol. The predicted molar refractivity (Wildman–Crippen MR) is 123 cm³/mol. The minimum atomic E-state index is -0.447. The van der Waals surface area contributed by atoms with Gasteiger partial charge in [0.25, 0.3) is 5.91 Å². The molecule has 178 valence electrons. The molecule has 0 bridgehead atoms. The molecule has 1 spiro atoms. The van der Waals surface area contributed by atoms with Crippen molar-refractivity contribution in [2.45, 2.75) is 58.5 Å². The van der Waals surface area contributed by atoms with E-state index in [9.17, 15) is 9.59 Å². The molecule has 10 heteroatoms. The summed E-state index contributed by atoms with van der Waals surface area (Å²) in [6.45, 7) is 6.97. The first kappa shape index (κ1) is 22.3. The molecule has 10 nitrogen and oxygen atoms in total. The highest BCUT2D eigenvalue weighted by atomic mass is 16.5. The Morgan fingerprint density at radius 1 is 1.18 bits per heavy atom. The second-order valence-corrected chi connectivity index (χ2v) is 9.05. The van der Waals surface area contributed by atoms with E-state index < -0.39 is 5.60 Å². The van der Waals surface area contributed by atoms with Crippen LogP contribution >= 0.6 is 0 Å². The van der Waals surface area contributed by atoms with E-state index >= 15 is 0 Å². The molecule has 0 aliphatic carbocycles. The highest BCUT2D eigenvalue weighted by Gasteiger charge is 2.44. The number of aryl methyl sites for hydroxylation is 2. The van der Waals surface area contributed by atoms with Crippen LogP contribution in [-0.4, -0.2) is 60.2 Å². The first-order valence-electron chi connectivity index (χ1n) is 11.6. The summed E-state index contributed by atoms with van der Waals surface area (Å²) in [6.07, 6.45) is 2.77. The van der Waals surface area contributed by atoms with Gasteiger partial charge in [0.15, 0.2) is 0 Å². The number of amides is 2. The van der Waals surface area contributed by atoms with E-state index in [2.05, 4.69) is 20.7 Å². The second kappa shape index (κ2) is 9.02. The highest BCUT2D eigenvalue weighted by Crippen LogP contribution is 2.33. The minimum Gasteiger partial charge on any atom is -0.365 e. The van der Waals surface area contributed by atoms with Crippen molar-refractivity contribution in [3.63, 3.8) is 0 Å². The van der Waals surface area contributed by atoms with Gasteiger partial charge in [-0.15, -0.1) is 5.10 Å². The van der Waals surface area contributed by atoms with Crippen LogP contribution in [0.15, 0.2) is 36.5 Å². The van der Waals surface area contributed by atoms with Crippen LogP contribution in [0.25, 0.3) is 0 Å². The Hall–Kier alpha value is -3.53.